The SMILES string of the molecule is CC(Oc1cccc(Cl)c1)C(=O)N1CCC2(CC1)OCCc1cn[nH]c12. The Morgan fingerprint density at radius 2 is 2.23 bits per heavy atom. The maximum atomic E-state index is 12.8. The number of nitrogens with one attached hydrogen (secondary N) is 1. The molecular formula is C19H22ClN3O3. The summed E-state index contributed by atoms with van der Waals surface area (Å²) in [4.78, 5) is 14.6. The van der Waals surface area contributed by atoms with Crippen LogP contribution in [0.3, 0.4) is 0 Å². The lowest BCUT2D eigenvalue weighted by Gasteiger charge is -2.43. The molecule has 7 heteroatoms. The van der Waals surface area contributed by atoms with E-state index in [0.29, 0.717) is 30.5 Å². The first-order valence-electron chi connectivity index (χ1n) is 8.95. The van der Waals surface area contributed by atoms with Crippen molar-refractivity contribution in [3.05, 3.63) is 46.7 Å². The summed E-state index contributed by atoms with van der Waals surface area (Å²) in [7, 11) is 0. The van der Waals surface area contributed by atoms with Gasteiger partial charge in [0.25, 0.3) is 5.91 Å². The summed E-state index contributed by atoms with van der Waals surface area (Å²) in [6.07, 6.45) is 3.74. The lowest BCUT2D eigenvalue weighted by Crippen LogP contribution is -2.51. The van der Waals surface area contributed by atoms with Crippen LogP contribution in [0.2, 0.25) is 5.02 Å². The topological polar surface area (TPSA) is 67.4 Å². The first-order valence-corrected chi connectivity index (χ1v) is 9.33. The molecule has 1 saturated heterocycles. The average Bonchev–Trinajstić information content (AvgIpc) is 3.12. The van der Waals surface area contributed by atoms with Crippen molar-refractivity contribution in [3.8, 4) is 5.75 Å². The average molecular weight is 376 g/mol. The van der Waals surface area contributed by atoms with Crippen molar-refractivity contribution in [2.24, 2.45) is 0 Å². The minimum Gasteiger partial charge on any atom is -0.481 e. The minimum atomic E-state index is -0.558. The molecule has 26 heavy (non-hydrogen) atoms. The predicted octanol–water partition coefficient (Wildman–Crippen LogP) is 2.92. The Bertz CT molecular complexity index is 799. The van der Waals surface area contributed by atoms with Gasteiger partial charge >= 0.3 is 0 Å². The highest BCUT2D eigenvalue weighted by molar-refractivity contribution is 6.30. The van der Waals surface area contributed by atoms with Crippen molar-refractivity contribution in [1.82, 2.24) is 15.1 Å². The van der Waals surface area contributed by atoms with Crippen molar-refractivity contribution in [1.29, 1.82) is 0 Å². The van der Waals surface area contributed by atoms with Gasteiger partial charge in [0.05, 0.1) is 18.5 Å². The number of hydrogen-bond acceptors (Lipinski definition) is 4. The maximum Gasteiger partial charge on any atom is 0.263 e. The third kappa shape index (κ3) is 3.19. The molecule has 3 heterocycles. The van der Waals surface area contributed by atoms with E-state index in [-0.39, 0.29) is 11.5 Å². The molecule has 2 aliphatic heterocycles. The third-order valence-corrected chi connectivity index (χ3v) is 5.50. The molecule has 0 bridgehead atoms. The molecule has 2 aliphatic rings. The maximum absolute atomic E-state index is 12.8. The highest BCUT2D eigenvalue weighted by Crippen LogP contribution is 2.40. The number of fused-ring (bicyclic) bond motifs is 2. The van der Waals surface area contributed by atoms with Gasteiger partial charge in [-0.05, 0) is 49.9 Å². The Labute approximate surface area is 157 Å². The molecule has 1 unspecified atom stereocenters. The number of rotatable bonds is 3. The number of aromatic amines is 1. The van der Waals surface area contributed by atoms with Crippen LogP contribution in [0.15, 0.2) is 30.5 Å². The smallest absolute Gasteiger partial charge is 0.263 e. The van der Waals surface area contributed by atoms with Crippen molar-refractivity contribution < 1.29 is 14.3 Å². The molecular weight excluding hydrogens is 354 g/mol. The lowest BCUT2D eigenvalue weighted by molar-refractivity contribution is -0.147. The van der Waals surface area contributed by atoms with E-state index >= 15 is 0 Å². The zero-order valence-electron chi connectivity index (χ0n) is 14.7. The van der Waals surface area contributed by atoms with Gasteiger partial charge in [-0.1, -0.05) is 17.7 Å². The van der Waals surface area contributed by atoms with Gasteiger partial charge in [0.2, 0.25) is 0 Å². The van der Waals surface area contributed by atoms with E-state index in [1.165, 1.54) is 5.56 Å². The van der Waals surface area contributed by atoms with Crippen LogP contribution in [0.4, 0.5) is 0 Å². The Kier molecular flexibility index (Phi) is 4.63. The number of piperidine rings is 1. The second-order valence-electron chi connectivity index (χ2n) is 6.91. The first kappa shape index (κ1) is 17.4. The van der Waals surface area contributed by atoms with Gasteiger partial charge in [0, 0.05) is 18.1 Å². The molecule has 4 rings (SSSR count). The van der Waals surface area contributed by atoms with E-state index in [1.54, 1.807) is 25.1 Å². The molecule has 2 aromatic rings. The van der Waals surface area contributed by atoms with Crippen LogP contribution >= 0.6 is 11.6 Å². The standard InChI is InChI=1S/C19H22ClN3O3/c1-13(26-16-4-2-3-15(20)11-16)18(24)23-8-6-19(7-9-23)17-14(5-10-25-19)12-21-22-17/h2-4,11-13H,5-10H2,1H3,(H,21,22). The molecule has 0 saturated carbocycles. The van der Waals surface area contributed by atoms with Crippen LogP contribution in [-0.4, -0.2) is 46.8 Å². The summed E-state index contributed by atoms with van der Waals surface area (Å²) in [5.74, 6) is 0.588. The van der Waals surface area contributed by atoms with Crippen LogP contribution in [0, 0.1) is 0 Å². The van der Waals surface area contributed by atoms with E-state index in [9.17, 15) is 4.79 Å². The molecule has 0 radical (unpaired) electrons. The summed E-state index contributed by atoms with van der Waals surface area (Å²) in [5, 5.41) is 7.87. The normalized spacial score (nSPS) is 19.8. The number of carbonyl (C=O) groups is 1. The molecule has 6 nitrogen and oxygen atoms in total. The second-order valence-corrected chi connectivity index (χ2v) is 7.34. The first-order chi connectivity index (χ1) is 12.6. The van der Waals surface area contributed by atoms with Gasteiger partial charge in [0.1, 0.15) is 11.4 Å². The predicted molar refractivity (Wildman–Crippen MR) is 97.3 cm³/mol. The third-order valence-electron chi connectivity index (χ3n) is 5.26. The Balaban J connectivity index is 1.40. The Morgan fingerprint density at radius 1 is 1.42 bits per heavy atom. The van der Waals surface area contributed by atoms with Crippen molar-refractivity contribution in [2.75, 3.05) is 19.7 Å². The summed E-state index contributed by atoms with van der Waals surface area (Å²) in [5.41, 5.74) is 1.98. The van der Waals surface area contributed by atoms with Crippen molar-refractivity contribution >= 4 is 17.5 Å². The molecule has 1 amide bonds. The number of benzene rings is 1. The molecule has 1 atom stereocenters. The molecule has 0 aliphatic carbocycles. The fourth-order valence-electron chi connectivity index (χ4n) is 3.86. The number of halogens is 1. The van der Waals surface area contributed by atoms with Crippen LogP contribution in [0.1, 0.15) is 31.0 Å². The number of nitrogens with zero attached hydrogens (tertiary/aromatic N) is 2. The summed E-state index contributed by atoms with van der Waals surface area (Å²) in [6, 6.07) is 7.10. The fourth-order valence-corrected chi connectivity index (χ4v) is 4.04. The number of H-pyrrole nitrogens is 1. The van der Waals surface area contributed by atoms with Crippen LogP contribution in [0.25, 0.3) is 0 Å². The molecule has 1 spiro atoms. The molecule has 1 aromatic heterocycles. The molecule has 1 aromatic carbocycles. The number of amides is 1. The molecule has 138 valence electrons. The highest BCUT2D eigenvalue weighted by atomic mass is 35.5. The van der Waals surface area contributed by atoms with Gasteiger partial charge in [-0.15, -0.1) is 0 Å². The number of aromatic nitrogens is 2. The van der Waals surface area contributed by atoms with E-state index in [2.05, 4.69) is 10.2 Å². The van der Waals surface area contributed by atoms with Gasteiger partial charge < -0.3 is 14.4 Å². The van der Waals surface area contributed by atoms with Crippen molar-refractivity contribution in [3.63, 3.8) is 0 Å². The Morgan fingerprint density at radius 3 is 3.00 bits per heavy atom. The fraction of sp³-hybridized carbons (Fsp3) is 0.474. The second kappa shape index (κ2) is 6.93. The summed E-state index contributed by atoms with van der Waals surface area (Å²) in [6.45, 7) is 3.76. The van der Waals surface area contributed by atoms with E-state index in [4.69, 9.17) is 21.1 Å². The van der Waals surface area contributed by atoms with Gasteiger partial charge in [-0.3, -0.25) is 9.89 Å². The van der Waals surface area contributed by atoms with Gasteiger partial charge in [-0.25, -0.2) is 0 Å². The minimum absolute atomic E-state index is 0.0135. The number of likely N-dealkylation sites (tertiary alicyclic amines) is 1. The highest BCUT2D eigenvalue weighted by Gasteiger charge is 2.43. The van der Waals surface area contributed by atoms with Gasteiger partial charge in [-0.2, -0.15) is 5.10 Å². The zero-order valence-corrected chi connectivity index (χ0v) is 15.5. The number of hydrogen-bond donors (Lipinski definition) is 1. The Hall–Kier alpha value is -2.05. The zero-order chi connectivity index (χ0) is 18.1. The summed E-state index contributed by atoms with van der Waals surface area (Å²) >= 11 is 5.97. The largest absolute Gasteiger partial charge is 0.481 e. The number of carbonyl (C=O) groups excluding carboxylic acids is 1. The van der Waals surface area contributed by atoms with Crippen LogP contribution in [-0.2, 0) is 21.6 Å². The molecule has 1 N–H and O–H groups in total. The van der Waals surface area contributed by atoms with E-state index < -0.39 is 6.10 Å². The van der Waals surface area contributed by atoms with Crippen LogP contribution in [0.5, 0.6) is 5.75 Å². The quantitative estimate of drug-likeness (QED) is 0.895. The van der Waals surface area contributed by atoms with Crippen LogP contribution < -0.4 is 4.74 Å². The lowest BCUT2D eigenvalue weighted by atomic mass is 9.83. The molecule has 1 fully saturated rings. The number of ether oxygens (including phenoxy) is 2. The van der Waals surface area contributed by atoms with Gasteiger partial charge in [0.15, 0.2) is 6.10 Å². The monoisotopic (exact) mass is 375 g/mol. The van der Waals surface area contributed by atoms with E-state index in [1.807, 2.05) is 17.2 Å². The van der Waals surface area contributed by atoms with Crippen molar-refractivity contribution in [2.45, 2.75) is 37.9 Å². The van der Waals surface area contributed by atoms with E-state index in [0.717, 1.165) is 25.0 Å². The summed E-state index contributed by atoms with van der Waals surface area (Å²) < 4.78 is 11.9.